The van der Waals surface area contributed by atoms with Gasteiger partial charge in [-0.15, -0.1) is 0 Å². The summed E-state index contributed by atoms with van der Waals surface area (Å²) in [6.07, 6.45) is 8.98. The zero-order chi connectivity index (χ0) is 22.5. The molecule has 0 fully saturated rings. The predicted molar refractivity (Wildman–Crippen MR) is 105 cm³/mol. The highest BCUT2D eigenvalue weighted by atomic mass is 35.5. The van der Waals surface area contributed by atoms with Gasteiger partial charge in [-0.25, -0.2) is 17.6 Å². The number of pyridine rings is 4. The Bertz CT molecular complexity index is 1330. The van der Waals surface area contributed by atoms with Crippen molar-refractivity contribution in [3.63, 3.8) is 0 Å². The molecule has 0 aromatic carbocycles. The van der Waals surface area contributed by atoms with Crippen LogP contribution in [-0.2, 0) is 0 Å². The normalized spacial score (nSPS) is 10.4. The Hall–Kier alpha value is -3.79. The van der Waals surface area contributed by atoms with Crippen LogP contribution < -0.4 is 10.9 Å². The fraction of sp³-hybridized carbons (Fsp3) is 0. The maximum Gasteiger partial charge on any atom is 0.235 e. The lowest BCUT2D eigenvalue weighted by Gasteiger charge is -2.07. The monoisotopic (exact) mass is 450 g/mol. The highest BCUT2D eigenvalue weighted by molar-refractivity contribution is 6.30. The van der Waals surface area contributed by atoms with Crippen LogP contribution in [0.25, 0.3) is 11.4 Å². The average molecular weight is 451 g/mol. The van der Waals surface area contributed by atoms with Crippen LogP contribution in [0.1, 0.15) is 0 Å². The van der Waals surface area contributed by atoms with Crippen molar-refractivity contribution in [1.29, 1.82) is 0 Å². The average Bonchev–Trinajstić information content (AvgIpc) is 2.75. The van der Waals surface area contributed by atoms with Gasteiger partial charge < -0.3 is 9.13 Å². The van der Waals surface area contributed by atoms with Crippen LogP contribution >= 0.6 is 11.6 Å². The summed E-state index contributed by atoms with van der Waals surface area (Å²) >= 11 is 5.51. The Kier molecular flexibility index (Phi) is 6.61. The van der Waals surface area contributed by atoms with E-state index in [1.807, 2.05) is 0 Å². The van der Waals surface area contributed by atoms with E-state index in [1.165, 1.54) is 35.3 Å². The standard InChI is InChI=1S/C10H5ClF2N2O.C10H6F2N2O/c11-6-4-15(5-8(13)10(6)16)9-1-2-14-3-7(9)12;11-7-5-13-3-1-9(7)14-4-2-10(15)8(12)6-14/h1-5H;1-6H. The van der Waals surface area contributed by atoms with Gasteiger partial charge in [0.15, 0.2) is 23.3 Å². The number of rotatable bonds is 2. The quantitative estimate of drug-likeness (QED) is 0.437. The predicted octanol–water partition coefficient (Wildman–Crippen LogP) is 3.67. The van der Waals surface area contributed by atoms with Gasteiger partial charge in [0.1, 0.15) is 5.02 Å². The van der Waals surface area contributed by atoms with Crippen molar-refractivity contribution in [2.24, 2.45) is 0 Å². The summed E-state index contributed by atoms with van der Waals surface area (Å²) in [5, 5.41) is -0.309. The van der Waals surface area contributed by atoms with Gasteiger partial charge in [-0.05, 0) is 12.1 Å². The minimum Gasteiger partial charge on any atom is -0.318 e. The third-order valence-electron chi connectivity index (χ3n) is 3.87. The summed E-state index contributed by atoms with van der Waals surface area (Å²) in [5.41, 5.74) is -1.42. The molecule has 31 heavy (non-hydrogen) atoms. The van der Waals surface area contributed by atoms with E-state index in [0.29, 0.717) is 0 Å². The first kappa shape index (κ1) is 21.9. The van der Waals surface area contributed by atoms with Crippen molar-refractivity contribution >= 4 is 11.6 Å². The molecule has 0 saturated heterocycles. The van der Waals surface area contributed by atoms with Crippen LogP contribution in [0.15, 0.2) is 77.4 Å². The van der Waals surface area contributed by atoms with Crippen molar-refractivity contribution in [1.82, 2.24) is 19.1 Å². The van der Waals surface area contributed by atoms with Gasteiger partial charge in [-0.1, -0.05) is 11.6 Å². The molecule has 0 N–H and O–H groups in total. The van der Waals surface area contributed by atoms with Crippen LogP contribution in [0, 0.1) is 23.3 Å². The van der Waals surface area contributed by atoms with Crippen LogP contribution in [0.4, 0.5) is 17.6 Å². The molecule has 4 aromatic rings. The molecular formula is C20H11ClF4N4O2. The molecule has 0 unspecified atom stereocenters. The molecule has 0 radical (unpaired) electrons. The number of nitrogens with zero attached hydrogens (tertiary/aromatic N) is 4. The number of hydrogen-bond acceptors (Lipinski definition) is 4. The van der Waals surface area contributed by atoms with Gasteiger partial charge in [0.2, 0.25) is 10.9 Å². The molecule has 4 rings (SSSR count). The van der Waals surface area contributed by atoms with Gasteiger partial charge >= 0.3 is 0 Å². The van der Waals surface area contributed by atoms with Gasteiger partial charge in [0.25, 0.3) is 0 Å². The van der Waals surface area contributed by atoms with Gasteiger partial charge in [-0.2, -0.15) is 0 Å². The summed E-state index contributed by atoms with van der Waals surface area (Å²) in [5.74, 6) is -3.18. The largest absolute Gasteiger partial charge is 0.318 e. The molecule has 0 bridgehead atoms. The van der Waals surface area contributed by atoms with E-state index in [4.69, 9.17) is 11.6 Å². The van der Waals surface area contributed by atoms with E-state index in [9.17, 15) is 27.2 Å². The van der Waals surface area contributed by atoms with Crippen molar-refractivity contribution in [2.45, 2.75) is 0 Å². The van der Waals surface area contributed by atoms with Crippen LogP contribution in [0.5, 0.6) is 0 Å². The first-order valence-corrected chi connectivity index (χ1v) is 8.80. The Morgan fingerprint density at radius 1 is 0.710 bits per heavy atom. The Morgan fingerprint density at radius 3 is 1.77 bits per heavy atom. The molecular weight excluding hydrogens is 440 g/mol. The van der Waals surface area contributed by atoms with E-state index in [-0.39, 0.29) is 16.4 Å². The fourth-order valence-corrected chi connectivity index (χ4v) is 2.61. The highest BCUT2D eigenvalue weighted by Crippen LogP contribution is 2.13. The van der Waals surface area contributed by atoms with Crippen molar-refractivity contribution in [2.75, 3.05) is 0 Å². The summed E-state index contributed by atoms with van der Waals surface area (Å²) < 4.78 is 54.8. The van der Waals surface area contributed by atoms with Gasteiger partial charge in [-0.3, -0.25) is 19.6 Å². The summed E-state index contributed by atoms with van der Waals surface area (Å²) in [7, 11) is 0. The fourth-order valence-electron chi connectivity index (χ4n) is 2.41. The molecule has 6 nitrogen and oxygen atoms in total. The second kappa shape index (κ2) is 9.35. The van der Waals surface area contributed by atoms with Gasteiger partial charge in [0, 0.05) is 43.2 Å². The first-order chi connectivity index (χ1) is 14.8. The SMILES string of the molecule is O=c1c(F)cn(-c2ccncc2F)cc1Cl.O=c1ccn(-c2ccncc2F)cc1F. The maximum atomic E-state index is 13.3. The zero-order valence-corrected chi connectivity index (χ0v) is 16.1. The van der Waals surface area contributed by atoms with Crippen molar-refractivity contribution in [3.8, 4) is 11.4 Å². The molecule has 0 atom stereocenters. The molecule has 0 aliphatic heterocycles. The number of aromatic nitrogens is 4. The summed E-state index contributed by atoms with van der Waals surface area (Å²) in [4.78, 5) is 28.9. The molecule has 0 spiro atoms. The van der Waals surface area contributed by atoms with Crippen molar-refractivity contribution in [3.05, 3.63) is 117 Å². The molecule has 11 heteroatoms. The third-order valence-corrected chi connectivity index (χ3v) is 4.14. The van der Waals surface area contributed by atoms with Crippen molar-refractivity contribution < 1.29 is 17.6 Å². The molecule has 0 amide bonds. The third kappa shape index (κ3) is 5.04. The lowest BCUT2D eigenvalue weighted by atomic mass is 10.3. The molecule has 0 aliphatic rings. The van der Waals surface area contributed by atoms with Crippen LogP contribution in [0.3, 0.4) is 0 Å². The van der Waals surface area contributed by atoms with E-state index >= 15 is 0 Å². The minimum atomic E-state index is -1.04. The smallest absolute Gasteiger partial charge is 0.235 e. The first-order valence-electron chi connectivity index (χ1n) is 8.43. The topological polar surface area (TPSA) is 69.8 Å². The minimum absolute atomic E-state index is 0.0656. The van der Waals surface area contributed by atoms with Crippen LogP contribution in [-0.4, -0.2) is 19.1 Å². The molecule has 158 valence electrons. The van der Waals surface area contributed by atoms with Crippen LogP contribution in [0.2, 0.25) is 5.02 Å². The zero-order valence-electron chi connectivity index (χ0n) is 15.3. The number of hydrogen-bond donors (Lipinski definition) is 0. The molecule has 4 heterocycles. The van der Waals surface area contributed by atoms with E-state index in [0.717, 1.165) is 41.6 Å². The van der Waals surface area contributed by atoms with E-state index in [1.54, 1.807) is 0 Å². The Morgan fingerprint density at radius 2 is 1.26 bits per heavy atom. The summed E-state index contributed by atoms with van der Waals surface area (Å²) in [6.45, 7) is 0. The molecule has 0 aliphatic carbocycles. The second-order valence-electron chi connectivity index (χ2n) is 5.91. The van der Waals surface area contributed by atoms with E-state index < -0.39 is 34.1 Å². The number of halogens is 5. The molecule has 0 saturated carbocycles. The lowest BCUT2D eigenvalue weighted by molar-refractivity contribution is 0.590. The highest BCUT2D eigenvalue weighted by Gasteiger charge is 2.09. The Balaban J connectivity index is 0.000000176. The van der Waals surface area contributed by atoms with E-state index in [2.05, 4.69) is 9.97 Å². The summed E-state index contributed by atoms with van der Waals surface area (Å²) in [6, 6.07) is 3.77. The maximum absolute atomic E-state index is 13.3. The Labute approximate surface area is 176 Å². The lowest BCUT2D eigenvalue weighted by Crippen LogP contribution is -2.11. The molecule has 4 aromatic heterocycles. The van der Waals surface area contributed by atoms with Gasteiger partial charge in [0.05, 0.1) is 23.8 Å². The second-order valence-corrected chi connectivity index (χ2v) is 6.32.